The molecule has 108 valence electrons. The van der Waals surface area contributed by atoms with Crippen molar-refractivity contribution in [2.75, 3.05) is 32.8 Å². The normalized spacial score (nSPS) is 24.5. The fourth-order valence-corrected chi connectivity index (χ4v) is 2.71. The van der Waals surface area contributed by atoms with Crippen LogP contribution in [0.4, 0.5) is 0 Å². The molecule has 1 atom stereocenters. The van der Waals surface area contributed by atoms with Gasteiger partial charge >= 0.3 is 0 Å². The standard InChI is InChI=1S/C15H32N2O/c1-13-12-16(10-11-18-15(5,6)7)8-9-17(13)14(2,3)4/h13H,8-12H2,1-7H3/t13-/m1/s1. The summed E-state index contributed by atoms with van der Waals surface area (Å²) in [6.45, 7) is 21.0. The van der Waals surface area contributed by atoms with Crippen LogP contribution in [0.5, 0.6) is 0 Å². The lowest BCUT2D eigenvalue weighted by molar-refractivity contribution is -0.0311. The van der Waals surface area contributed by atoms with Crippen LogP contribution in [0.25, 0.3) is 0 Å². The van der Waals surface area contributed by atoms with Gasteiger partial charge in [0, 0.05) is 37.8 Å². The molecule has 0 aromatic rings. The molecule has 0 amide bonds. The number of rotatable bonds is 3. The molecule has 18 heavy (non-hydrogen) atoms. The number of hydrogen-bond donors (Lipinski definition) is 0. The van der Waals surface area contributed by atoms with Crippen molar-refractivity contribution >= 4 is 0 Å². The van der Waals surface area contributed by atoms with E-state index < -0.39 is 0 Å². The third-order valence-corrected chi connectivity index (χ3v) is 3.52. The molecular weight excluding hydrogens is 224 g/mol. The van der Waals surface area contributed by atoms with Crippen molar-refractivity contribution in [1.29, 1.82) is 0 Å². The van der Waals surface area contributed by atoms with E-state index >= 15 is 0 Å². The summed E-state index contributed by atoms with van der Waals surface area (Å²) in [4.78, 5) is 5.13. The van der Waals surface area contributed by atoms with Crippen molar-refractivity contribution < 1.29 is 4.74 Å². The average Bonchev–Trinajstić information content (AvgIpc) is 2.13. The molecule has 0 aliphatic carbocycles. The molecule has 0 saturated carbocycles. The molecule has 1 fully saturated rings. The molecule has 3 heteroatoms. The van der Waals surface area contributed by atoms with Gasteiger partial charge in [0.25, 0.3) is 0 Å². The molecule has 1 saturated heterocycles. The van der Waals surface area contributed by atoms with Gasteiger partial charge in [0.2, 0.25) is 0 Å². The fourth-order valence-electron chi connectivity index (χ4n) is 2.71. The predicted molar refractivity (Wildman–Crippen MR) is 78.1 cm³/mol. The number of nitrogens with zero attached hydrogens (tertiary/aromatic N) is 2. The first kappa shape index (κ1) is 15.9. The second kappa shape index (κ2) is 5.89. The maximum absolute atomic E-state index is 5.81. The van der Waals surface area contributed by atoms with Crippen molar-refractivity contribution in [3.8, 4) is 0 Å². The number of hydrogen-bond acceptors (Lipinski definition) is 3. The van der Waals surface area contributed by atoms with E-state index in [-0.39, 0.29) is 11.1 Å². The molecule has 0 N–H and O–H groups in total. The summed E-state index contributed by atoms with van der Waals surface area (Å²) >= 11 is 0. The molecule has 0 bridgehead atoms. The van der Waals surface area contributed by atoms with Crippen LogP contribution in [0.2, 0.25) is 0 Å². The van der Waals surface area contributed by atoms with Gasteiger partial charge in [-0.3, -0.25) is 9.80 Å². The zero-order valence-corrected chi connectivity index (χ0v) is 13.4. The lowest BCUT2D eigenvalue weighted by atomic mass is 10.0. The van der Waals surface area contributed by atoms with E-state index in [2.05, 4.69) is 58.3 Å². The molecule has 0 aromatic carbocycles. The van der Waals surface area contributed by atoms with E-state index in [1.165, 1.54) is 6.54 Å². The van der Waals surface area contributed by atoms with Gasteiger partial charge in [-0.1, -0.05) is 0 Å². The van der Waals surface area contributed by atoms with Crippen LogP contribution in [0.1, 0.15) is 48.5 Å². The van der Waals surface area contributed by atoms with Gasteiger partial charge in [0.05, 0.1) is 12.2 Å². The van der Waals surface area contributed by atoms with Gasteiger partial charge < -0.3 is 4.74 Å². The van der Waals surface area contributed by atoms with Crippen LogP contribution in [0.3, 0.4) is 0 Å². The Morgan fingerprint density at radius 2 is 1.67 bits per heavy atom. The lowest BCUT2D eigenvalue weighted by Gasteiger charge is -2.46. The molecule has 0 aromatic heterocycles. The van der Waals surface area contributed by atoms with Gasteiger partial charge in [0.15, 0.2) is 0 Å². The Labute approximate surface area is 113 Å². The Hall–Kier alpha value is -0.120. The number of ether oxygens (including phenoxy) is 1. The second-order valence-corrected chi connectivity index (χ2v) is 7.47. The average molecular weight is 256 g/mol. The van der Waals surface area contributed by atoms with Gasteiger partial charge in [-0.2, -0.15) is 0 Å². The maximum Gasteiger partial charge on any atom is 0.0600 e. The Bertz CT molecular complexity index is 250. The fraction of sp³-hybridized carbons (Fsp3) is 1.00. The molecule has 0 spiro atoms. The Morgan fingerprint density at radius 3 is 2.11 bits per heavy atom. The van der Waals surface area contributed by atoms with E-state index in [1.807, 2.05) is 0 Å². The molecule has 3 nitrogen and oxygen atoms in total. The van der Waals surface area contributed by atoms with Crippen LogP contribution in [0, 0.1) is 0 Å². The van der Waals surface area contributed by atoms with E-state index in [1.54, 1.807) is 0 Å². The highest BCUT2D eigenvalue weighted by molar-refractivity contribution is 4.87. The van der Waals surface area contributed by atoms with Gasteiger partial charge in [-0.05, 0) is 48.5 Å². The molecular formula is C15H32N2O. The van der Waals surface area contributed by atoms with Crippen molar-refractivity contribution in [2.24, 2.45) is 0 Å². The highest BCUT2D eigenvalue weighted by Crippen LogP contribution is 2.20. The number of piperazine rings is 1. The van der Waals surface area contributed by atoms with Gasteiger partial charge in [-0.25, -0.2) is 0 Å². The van der Waals surface area contributed by atoms with E-state index in [0.717, 1.165) is 26.2 Å². The van der Waals surface area contributed by atoms with Crippen LogP contribution in [0.15, 0.2) is 0 Å². The Balaban J connectivity index is 2.33. The molecule has 1 heterocycles. The van der Waals surface area contributed by atoms with Crippen molar-refractivity contribution in [2.45, 2.75) is 65.6 Å². The molecule has 1 rings (SSSR count). The largest absolute Gasteiger partial charge is 0.375 e. The van der Waals surface area contributed by atoms with Crippen LogP contribution in [-0.2, 0) is 4.74 Å². The predicted octanol–water partition coefficient (Wildman–Crippen LogP) is 2.61. The van der Waals surface area contributed by atoms with Gasteiger partial charge in [-0.15, -0.1) is 0 Å². The monoisotopic (exact) mass is 256 g/mol. The van der Waals surface area contributed by atoms with Gasteiger partial charge in [0.1, 0.15) is 0 Å². The Kier molecular flexibility index (Phi) is 5.22. The smallest absolute Gasteiger partial charge is 0.0600 e. The summed E-state index contributed by atoms with van der Waals surface area (Å²) in [6, 6.07) is 0.633. The van der Waals surface area contributed by atoms with Crippen LogP contribution in [-0.4, -0.2) is 59.8 Å². The van der Waals surface area contributed by atoms with Crippen LogP contribution >= 0.6 is 0 Å². The first-order valence-electron chi connectivity index (χ1n) is 7.23. The van der Waals surface area contributed by atoms with E-state index in [0.29, 0.717) is 6.04 Å². The highest BCUT2D eigenvalue weighted by Gasteiger charge is 2.31. The maximum atomic E-state index is 5.81. The van der Waals surface area contributed by atoms with E-state index in [9.17, 15) is 0 Å². The second-order valence-electron chi connectivity index (χ2n) is 7.47. The molecule has 1 aliphatic heterocycles. The summed E-state index contributed by atoms with van der Waals surface area (Å²) in [6.07, 6.45) is 0. The quantitative estimate of drug-likeness (QED) is 0.772. The highest BCUT2D eigenvalue weighted by atomic mass is 16.5. The zero-order valence-electron chi connectivity index (χ0n) is 13.4. The summed E-state index contributed by atoms with van der Waals surface area (Å²) in [5.41, 5.74) is 0.270. The zero-order chi connectivity index (χ0) is 14.0. The minimum absolute atomic E-state index is 0.0150. The third kappa shape index (κ3) is 5.25. The molecule has 0 radical (unpaired) electrons. The minimum atomic E-state index is -0.0150. The topological polar surface area (TPSA) is 15.7 Å². The summed E-state index contributed by atoms with van der Waals surface area (Å²) in [5, 5.41) is 0. The minimum Gasteiger partial charge on any atom is -0.375 e. The van der Waals surface area contributed by atoms with E-state index in [4.69, 9.17) is 4.74 Å². The van der Waals surface area contributed by atoms with Crippen molar-refractivity contribution in [3.05, 3.63) is 0 Å². The first-order chi connectivity index (χ1) is 8.09. The van der Waals surface area contributed by atoms with Crippen molar-refractivity contribution in [3.63, 3.8) is 0 Å². The summed E-state index contributed by atoms with van der Waals surface area (Å²) in [5.74, 6) is 0. The summed E-state index contributed by atoms with van der Waals surface area (Å²) < 4.78 is 5.81. The lowest BCUT2D eigenvalue weighted by Crippen LogP contribution is -2.58. The third-order valence-electron chi connectivity index (χ3n) is 3.52. The Morgan fingerprint density at radius 1 is 1.06 bits per heavy atom. The molecule has 1 aliphatic rings. The summed E-state index contributed by atoms with van der Waals surface area (Å²) in [7, 11) is 0. The SMILES string of the molecule is C[C@@H]1CN(CCOC(C)(C)C)CCN1C(C)(C)C. The molecule has 0 unspecified atom stereocenters. The van der Waals surface area contributed by atoms with Crippen molar-refractivity contribution in [1.82, 2.24) is 9.80 Å². The first-order valence-corrected chi connectivity index (χ1v) is 7.23. The van der Waals surface area contributed by atoms with Crippen LogP contribution < -0.4 is 0 Å².